The molecule has 2 amide bonds. The summed E-state index contributed by atoms with van der Waals surface area (Å²) in [6.07, 6.45) is 0. The maximum absolute atomic E-state index is 11.8. The van der Waals surface area contributed by atoms with Crippen molar-refractivity contribution in [2.45, 2.75) is 13.0 Å². The summed E-state index contributed by atoms with van der Waals surface area (Å²) in [5.74, 6) is 1.49. The van der Waals surface area contributed by atoms with Gasteiger partial charge in [0.15, 0.2) is 0 Å². The van der Waals surface area contributed by atoms with Gasteiger partial charge in [0.2, 0.25) is 11.8 Å². The summed E-state index contributed by atoms with van der Waals surface area (Å²) < 4.78 is 0. The highest BCUT2D eigenvalue weighted by Crippen LogP contribution is 2.15. The van der Waals surface area contributed by atoms with E-state index >= 15 is 0 Å². The lowest BCUT2D eigenvalue weighted by atomic mass is 10.2. The van der Waals surface area contributed by atoms with Gasteiger partial charge in [0, 0.05) is 29.9 Å². The van der Waals surface area contributed by atoms with E-state index in [9.17, 15) is 9.59 Å². The second kappa shape index (κ2) is 7.37. The van der Waals surface area contributed by atoms with Gasteiger partial charge in [-0.3, -0.25) is 14.9 Å². The fraction of sp³-hybridized carbons (Fsp3) is 0.333. The van der Waals surface area contributed by atoms with Gasteiger partial charge in [0.25, 0.3) is 0 Å². The molecule has 1 atom stereocenters. The maximum Gasteiger partial charge on any atom is 0.242 e. The van der Waals surface area contributed by atoms with E-state index < -0.39 is 0 Å². The molecule has 0 saturated carbocycles. The molecule has 104 valence electrons. The van der Waals surface area contributed by atoms with Gasteiger partial charge in [-0.15, -0.1) is 24.2 Å². The number of nitrogens with one attached hydrogen (secondary N) is 3. The topological polar surface area (TPSA) is 70.2 Å². The van der Waals surface area contributed by atoms with Crippen molar-refractivity contribution < 1.29 is 9.59 Å². The molecule has 3 N–H and O–H groups in total. The van der Waals surface area contributed by atoms with E-state index in [0.29, 0.717) is 0 Å². The van der Waals surface area contributed by atoms with Crippen molar-refractivity contribution in [3.63, 3.8) is 0 Å². The van der Waals surface area contributed by atoms with Crippen LogP contribution >= 0.6 is 24.2 Å². The van der Waals surface area contributed by atoms with Crippen LogP contribution in [-0.4, -0.2) is 29.5 Å². The number of rotatable bonds is 3. The minimum Gasteiger partial charge on any atom is -0.326 e. The van der Waals surface area contributed by atoms with Gasteiger partial charge in [0.1, 0.15) is 0 Å². The number of halogens is 1. The Morgan fingerprint density at radius 3 is 2.26 bits per heavy atom. The first-order chi connectivity index (χ1) is 8.65. The standard InChI is InChI=1S/C12H15N3O2S.ClH/c1-8(16)14-9-2-4-10(5-3-9)15-12(17)11-6-18-7-13-11;/h2-5,11,13H,6-7H2,1H3,(H,14,16)(H,15,17);1H. The fourth-order valence-corrected chi connectivity index (χ4v) is 2.57. The van der Waals surface area contributed by atoms with Crippen molar-refractivity contribution in [1.29, 1.82) is 0 Å². The fourth-order valence-electron chi connectivity index (χ4n) is 1.63. The lowest BCUT2D eigenvalue weighted by Crippen LogP contribution is -2.37. The van der Waals surface area contributed by atoms with E-state index in [1.807, 2.05) is 0 Å². The average Bonchev–Trinajstić information content (AvgIpc) is 2.84. The summed E-state index contributed by atoms with van der Waals surface area (Å²) in [6.45, 7) is 1.46. The number of anilines is 2. The molecule has 1 fully saturated rings. The van der Waals surface area contributed by atoms with Gasteiger partial charge in [-0.2, -0.15) is 0 Å². The van der Waals surface area contributed by atoms with Crippen LogP contribution in [0.2, 0.25) is 0 Å². The van der Waals surface area contributed by atoms with Crippen molar-refractivity contribution in [2.24, 2.45) is 0 Å². The first-order valence-corrected chi connectivity index (χ1v) is 6.80. The molecule has 0 radical (unpaired) electrons. The highest BCUT2D eigenvalue weighted by atomic mass is 35.5. The van der Waals surface area contributed by atoms with Crippen LogP contribution in [0.3, 0.4) is 0 Å². The minimum absolute atomic E-state index is 0. The normalized spacial score (nSPS) is 17.4. The highest BCUT2D eigenvalue weighted by Gasteiger charge is 2.22. The van der Waals surface area contributed by atoms with Crippen LogP contribution in [0, 0.1) is 0 Å². The van der Waals surface area contributed by atoms with Gasteiger partial charge in [-0.25, -0.2) is 0 Å². The van der Waals surface area contributed by atoms with Crippen LogP contribution in [0.15, 0.2) is 24.3 Å². The summed E-state index contributed by atoms with van der Waals surface area (Å²) in [4.78, 5) is 22.7. The molecular formula is C12H16ClN3O2S. The summed E-state index contributed by atoms with van der Waals surface area (Å²) in [5, 5.41) is 8.62. The molecule has 1 saturated heterocycles. The number of hydrogen-bond acceptors (Lipinski definition) is 4. The summed E-state index contributed by atoms with van der Waals surface area (Å²) in [5.41, 5.74) is 1.45. The lowest BCUT2D eigenvalue weighted by Gasteiger charge is -2.11. The number of carbonyl (C=O) groups is 2. The Morgan fingerprint density at radius 1 is 1.21 bits per heavy atom. The molecule has 1 unspecified atom stereocenters. The Kier molecular flexibility index (Phi) is 6.14. The molecule has 1 aliphatic heterocycles. The van der Waals surface area contributed by atoms with Crippen molar-refractivity contribution in [2.75, 3.05) is 22.3 Å². The first kappa shape index (κ1) is 15.8. The molecule has 5 nitrogen and oxygen atoms in total. The van der Waals surface area contributed by atoms with E-state index in [-0.39, 0.29) is 30.3 Å². The number of benzene rings is 1. The minimum atomic E-state index is -0.120. The summed E-state index contributed by atoms with van der Waals surface area (Å²) in [7, 11) is 0. The van der Waals surface area contributed by atoms with Gasteiger partial charge in [-0.1, -0.05) is 0 Å². The molecule has 0 bridgehead atoms. The number of hydrogen-bond donors (Lipinski definition) is 3. The number of amides is 2. The Balaban J connectivity index is 0.00000180. The molecule has 2 rings (SSSR count). The third kappa shape index (κ3) is 4.74. The van der Waals surface area contributed by atoms with E-state index in [0.717, 1.165) is 23.0 Å². The van der Waals surface area contributed by atoms with Gasteiger partial charge >= 0.3 is 0 Å². The Morgan fingerprint density at radius 2 is 1.79 bits per heavy atom. The largest absolute Gasteiger partial charge is 0.326 e. The predicted molar refractivity (Wildman–Crippen MR) is 80.9 cm³/mol. The Hall–Kier alpha value is -1.24. The van der Waals surface area contributed by atoms with Gasteiger partial charge < -0.3 is 10.6 Å². The predicted octanol–water partition coefficient (Wildman–Crippen LogP) is 1.67. The van der Waals surface area contributed by atoms with Gasteiger partial charge in [0.05, 0.1) is 6.04 Å². The van der Waals surface area contributed by atoms with Gasteiger partial charge in [-0.05, 0) is 24.3 Å². The van der Waals surface area contributed by atoms with E-state index in [2.05, 4.69) is 16.0 Å². The van der Waals surface area contributed by atoms with E-state index in [1.165, 1.54) is 6.92 Å². The van der Waals surface area contributed by atoms with Crippen molar-refractivity contribution >= 4 is 47.4 Å². The zero-order valence-electron chi connectivity index (χ0n) is 10.4. The van der Waals surface area contributed by atoms with Crippen LogP contribution < -0.4 is 16.0 Å². The molecule has 1 aromatic carbocycles. The lowest BCUT2D eigenvalue weighted by molar-refractivity contribution is -0.117. The molecular weight excluding hydrogens is 286 g/mol. The van der Waals surface area contributed by atoms with Crippen molar-refractivity contribution in [1.82, 2.24) is 5.32 Å². The zero-order chi connectivity index (χ0) is 13.0. The second-order valence-corrected chi connectivity index (χ2v) is 5.05. The average molecular weight is 302 g/mol. The second-order valence-electron chi connectivity index (χ2n) is 4.02. The molecule has 19 heavy (non-hydrogen) atoms. The molecule has 1 aliphatic rings. The monoisotopic (exact) mass is 301 g/mol. The molecule has 1 heterocycles. The molecule has 0 aromatic heterocycles. The molecule has 0 aliphatic carbocycles. The zero-order valence-corrected chi connectivity index (χ0v) is 12.1. The van der Waals surface area contributed by atoms with Crippen LogP contribution in [0.25, 0.3) is 0 Å². The summed E-state index contributed by atoms with van der Waals surface area (Å²) >= 11 is 1.71. The van der Waals surface area contributed by atoms with E-state index in [4.69, 9.17) is 0 Å². The van der Waals surface area contributed by atoms with E-state index in [1.54, 1.807) is 36.0 Å². The number of carbonyl (C=O) groups excluding carboxylic acids is 2. The van der Waals surface area contributed by atoms with Crippen LogP contribution in [-0.2, 0) is 9.59 Å². The third-order valence-corrected chi connectivity index (χ3v) is 3.45. The van der Waals surface area contributed by atoms with Crippen LogP contribution in [0.4, 0.5) is 11.4 Å². The third-order valence-electron chi connectivity index (χ3n) is 2.51. The van der Waals surface area contributed by atoms with Crippen molar-refractivity contribution in [3.05, 3.63) is 24.3 Å². The SMILES string of the molecule is CC(=O)Nc1ccc(NC(=O)C2CSCN2)cc1.Cl. The highest BCUT2D eigenvalue weighted by molar-refractivity contribution is 7.99. The number of thioether (sulfide) groups is 1. The Labute approximate surface area is 122 Å². The van der Waals surface area contributed by atoms with Crippen molar-refractivity contribution in [3.8, 4) is 0 Å². The summed E-state index contributed by atoms with van der Waals surface area (Å²) in [6, 6.07) is 6.93. The quantitative estimate of drug-likeness (QED) is 0.794. The molecule has 0 spiro atoms. The molecule has 1 aromatic rings. The Bertz CT molecular complexity index is 447. The smallest absolute Gasteiger partial charge is 0.242 e. The van der Waals surface area contributed by atoms with Crippen LogP contribution in [0.1, 0.15) is 6.92 Å². The first-order valence-electron chi connectivity index (χ1n) is 5.65. The van der Waals surface area contributed by atoms with Crippen LogP contribution in [0.5, 0.6) is 0 Å². The molecule has 7 heteroatoms. The maximum atomic E-state index is 11.8.